The van der Waals surface area contributed by atoms with Gasteiger partial charge in [-0.05, 0) is 18.8 Å². The molecule has 4 nitrogen and oxygen atoms in total. The lowest BCUT2D eigenvalue weighted by Crippen LogP contribution is -2.33. The fraction of sp³-hybridized carbons (Fsp3) is 0.833. The van der Waals surface area contributed by atoms with Crippen molar-refractivity contribution in [2.45, 2.75) is 51.9 Å². The number of aromatic nitrogens is 3. The van der Waals surface area contributed by atoms with Gasteiger partial charge in [-0.3, -0.25) is 0 Å². The molecule has 2 heterocycles. The molecule has 0 aromatic carbocycles. The summed E-state index contributed by atoms with van der Waals surface area (Å²) >= 11 is 0. The molecule has 2 rings (SSSR count). The Balaban J connectivity index is 2.20. The normalized spacial score (nSPS) is 21.5. The lowest BCUT2D eigenvalue weighted by atomic mass is 9.98. The Morgan fingerprint density at radius 2 is 2.05 bits per heavy atom. The maximum atomic E-state index is 12.8. The maximum absolute atomic E-state index is 12.8. The molecule has 1 aromatic rings. The third kappa shape index (κ3) is 3.08. The molecule has 0 saturated carbocycles. The zero-order valence-electron chi connectivity index (χ0n) is 11.1. The number of halogens is 3. The van der Waals surface area contributed by atoms with Crippen molar-refractivity contribution in [3.8, 4) is 0 Å². The summed E-state index contributed by atoms with van der Waals surface area (Å²) in [6.07, 6.45) is -3.08. The quantitative estimate of drug-likeness (QED) is 0.922. The molecular weight excluding hydrogens is 257 g/mol. The van der Waals surface area contributed by atoms with E-state index in [9.17, 15) is 13.2 Å². The van der Waals surface area contributed by atoms with Gasteiger partial charge in [-0.2, -0.15) is 13.2 Å². The average Bonchev–Trinajstić information content (AvgIpc) is 2.69. The van der Waals surface area contributed by atoms with E-state index in [0.29, 0.717) is 30.4 Å². The van der Waals surface area contributed by atoms with Crippen LogP contribution in [0.25, 0.3) is 0 Å². The fourth-order valence-electron chi connectivity index (χ4n) is 2.50. The Labute approximate surface area is 110 Å². The van der Waals surface area contributed by atoms with Crippen LogP contribution in [0.4, 0.5) is 13.2 Å². The zero-order chi connectivity index (χ0) is 14.2. The molecule has 0 fully saturated rings. The van der Waals surface area contributed by atoms with E-state index in [4.69, 9.17) is 5.73 Å². The van der Waals surface area contributed by atoms with Gasteiger partial charge in [-0.1, -0.05) is 13.8 Å². The Morgan fingerprint density at radius 3 is 2.63 bits per heavy atom. The van der Waals surface area contributed by atoms with Crippen LogP contribution >= 0.6 is 0 Å². The van der Waals surface area contributed by atoms with E-state index < -0.39 is 12.1 Å². The first-order chi connectivity index (χ1) is 8.79. The first-order valence-corrected chi connectivity index (χ1v) is 6.53. The summed E-state index contributed by atoms with van der Waals surface area (Å²) in [4.78, 5) is 0. The molecule has 0 bridgehead atoms. The number of rotatable bonds is 3. The summed E-state index contributed by atoms with van der Waals surface area (Å²) in [6.45, 7) is 3.94. The van der Waals surface area contributed by atoms with Crippen LogP contribution in [0.15, 0.2) is 0 Å². The Kier molecular flexibility index (Phi) is 3.85. The predicted molar refractivity (Wildman–Crippen MR) is 64.3 cm³/mol. The van der Waals surface area contributed by atoms with Gasteiger partial charge in [0, 0.05) is 13.0 Å². The highest BCUT2D eigenvalue weighted by Gasteiger charge is 2.42. The highest BCUT2D eigenvalue weighted by Crippen LogP contribution is 2.35. The van der Waals surface area contributed by atoms with E-state index in [1.807, 2.05) is 13.8 Å². The van der Waals surface area contributed by atoms with Gasteiger partial charge in [0.05, 0.1) is 12.0 Å². The van der Waals surface area contributed by atoms with E-state index in [1.165, 1.54) is 0 Å². The number of nitrogens with two attached hydrogens (primary N) is 1. The van der Waals surface area contributed by atoms with Crippen LogP contribution in [0.1, 0.15) is 44.4 Å². The molecule has 1 aromatic heterocycles. The summed E-state index contributed by atoms with van der Waals surface area (Å²) in [5, 5.41) is 7.96. The third-order valence-corrected chi connectivity index (χ3v) is 3.50. The number of hydrogen-bond donors (Lipinski definition) is 1. The second-order valence-electron chi connectivity index (χ2n) is 5.60. The van der Waals surface area contributed by atoms with Gasteiger partial charge in [-0.25, -0.2) is 0 Å². The first-order valence-electron chi connectivity index (χ1n) is 6.53. The molecule has 0 spiro atoms. The third-order valence-electron chi connectivity index (χ3n) is 3.50. The Hall–Kier alpha value is -1.11. The summed E-state index contributed by atoms with van der Waals surface area (Å²) in [5.41, 5.74) is 6.01. The van der Waals surface area contributed by atoms with E-state index in [2.05, 4.69) is 10.2 Å². The van der Waals surface area contributed by atoms with Gasteiger partial charge in [0.25, 0.3) is 0 Å². The number of nitrogens with zero attached hydrogens (tertiary/aromatic N) is 3. The van der Waals surface area contributed by atoms with Gasteiger partial charge in [0.15, 0.2) is 0 Å². The van der Waals surface area contributed by atoms with Crippen LogP contribution in [0.5, 0.6) is 0 Å². The highest BCUT2D eigenvalue weighted by molar-refractivity contribution is 5.04. The summed E-state index contributed by atoms with van der Waals surface area (Å²) < 4.78 is 40.0. The van der Waals surface area contributed by atoms with E-state index in [-0.39, 0.29) is 19.0 Å². The van der Waals surface area contributed by atoms with Crippen molar-refractivity contribution < 1.29 is 13.2 Å². The second kappa shape index (κ2) is 5.11. The number of fused-ring (bicyclic) bond motifs is 1. The monoisotopic (exact) mass is 276 g/mol. The SMILES string of the molecule is CC(C)CC(N)c1nnc2n1CC(C(F)(F)F)CC2. The van der Waals surface area contributed by atoms with Crippen LogP contribution in [-0.4, -0.2) is 20.9 Å². The van der Waals surface area contributed by atoms with Crippen molar-refractivity contribution in [2.24, 2.45) is 17.6 Å². The van der Waals surface area contributed by atoms with Crippen LogP contribution in [-0.2, 0) is 13.0 Å². The minimum absolute atomic E-state index is 0.0844. The molecule has 2 N–H and O–H groups in total. The summed E-state index contributed by atoms with van der Waals surface area (Å²) in [5.74, 6) is 0.151. The smallest absolute Gasteiger partial charge is 0.321 e. The van der Waals surface area contributed by atoms with Crippen LogP contribution in [0, 0.1) is 11.8 Å². The van der Waals surface area contributed by atoms with Gasteiger partial charge in [0.1, 0.15) is 11.6 Å². The molecule has 0 radical (unpaired) electrons. The lowest BCUT2D eigenvalue weighted by Gasteiger charge is -2.27. The maximum Gasteiger partial charge on any atom is 0.393 e. The summed E-state index contributed by atoms with van der Waals surface area (Å²) in [7, 11) is 0. The van der Waals surface area contributed by atoms with Gasteiger partial charge < -0.3 is 10.3 Å². The van der Waals surface area contributed by atoms with Crippen molar-refractivity contribution >= 4 is 0 Å². The van der Waals surface area contributed by atoms with E-state index in [1.54, 1.807) is 4.57 Å². The number of hydrogen-bond acceptors (Lipinski definition) is 3. The molecule has 0 aliphatic carbocycles. The molecule has 0 amide bonds. The Bertz CT molecular complexity index is 439. The van der Waals surface area contributed by atoms with Crippen molar-refractivity contribution in [3.05, 3.63) is 11.6 Å². The number of alkyl halides is 3. The molecule has 7 heteroatoms. The topological polar surface area (TPSA) is 56.7 Å². The first kappa shape index (κ1) is 14.3. The molecule has 1 aliphatic heterocycles. The standard InChI is InChI=1S/C12H19F3N4/c1-7(2)5-9(16)11-18-17-10-4-3-8(6-19(10)11)12(13,14)15/h7-9H,3-6,16H2,1-2H3. The largest absolute Gasteiger partial charge is 0.393 e. The van der Waals surface area contributed by atoms with Crippen molar-refractivity contribution in [1.29, 1.82) is 0 Å². The molecule has 1 aliphatic rings. The summed E-state index contributed by atoms with van der Waals surface area (Å²) in [6, 6.07) is -0.353. The highest BCUT2D eigenvalue weighted by atomic mass is 19.4. The van der Waals surface area contributed by atoms with Crippen molar-refractivity contribution in [1.82, 2.24) is 14.8 Å². The predicted octanol–water partition coefficient (Wildman–Crippen LogP) is 2.45. The molecular formula is C12H19F3N4. The van der Waals surface area contributed by atoms with E-state index >= 15 is 0 Å². The van der Waals surface area contributed by atoms with E-state index in [0.717, 1.165) is 0 Å². The number of aryl methyl sites for hydroxylation is 1. The minimum Gasteiger partial charge on any atom is -0.321 e. The van der Waals surface area contributed by atoms with Crippen molar-refractivity contribution in [2.75, 3.05) is 0 Å². The molecule has 19 heavy (non-hydrogen) atoms. The van der Waals surface area contributed by atoms with Gasteiger partial charge >= 0.3 is 6.18 Å². The fourth-order valence-corrected chi connectivity index (χ4v) is 2.50. The molecule has 2 unspecified atom stereocenters. The second-order valence-corrected chi connectivity index (χ2v) is 5.60. The molecule has 0 saturated heterocycles. The van der Waals surface area contributed by atoms with Gasteiger partial charge in [0.2, 0.25) is 0 Å². The van der Waals surface area contributed by atoms with Crippen LogP contribution < -0.4 is 5.73 Å². The zero-order valence-corrected chi connectivity index (χ0v) is 11.1. The Morgan fingerprint density at radius 1 is 1.37 bits per heavy atom. The minimum atomic E-state index is -4.17. The lowest BCUT2D eigenvalue weighted by molar-refractivity contribution is -0.182. The molecule has 2 atom stereocenters. The molecule has 108 valence electrons. The van der Waals surface area contributed by atoms with Crippen LogP contribution in [0.2, 0.25) is 0 Å². The van der Waals surface area contributed by atoms with Gasteiger partial charge in [-0.15, -0.1) is 10.2 Å². The van der Waals surface area contributed by atoms with Crippen LogP contribution in [0.3, 0.4) is 0 Å². The van der Waals surface area contributed by atoms with Crippen molar-refractivity contribution in [3.63, 3.8) is 0 Å². The average molecular weight is 276 g/mol.